The van der Waals surface area contributed by atoms with Crippen LogP contribution in [0.4, 0.5) is 4.39 Å². The Kier molecular flexibility index (Phi) is 3.45. The topological polar surface area (TPSA) is 26.0 Å². The summed E-state index contributed by atoms with van der Waals surface area (Å²) < 4.78 is 13.7. The van der Waals surface area contributed by atoms with Crippen LogP contribution >= 0.6 is 15.9 Å². The molecule has 0 aliphatic heterocycles. The lowest BCUT2D eigenvalue weighted by Gasteiger charge is -2.07. The first-order chi connectivity index (χ1) is 6.00. The van der Waals surface area contributed by atoms with E-state index in [1.54, 1.807) is 13.0 Å². The molecular weight excluding hydrogens is 233 g/mol. The normalized spacial score (nSPS) is 13.0. The maximum Gasteiger partial charge on any atom is 0.140 e. The van der Waals surface area contributed by atoms with Crippen LogP contribution in [0.15, 0.2) is 16.6 Å². The summed E-state index contributed by atoms with van der Waals surface area (Å²) in [6, 6.07) is 3.73. The Morgan fingerprint density at radius 1 is 1.54 bits per heavy atom. The molecule has 0 aliphatic rings. The van der Waals surface area contributed by atoms with E-state index in [1.165, 1.54) is 0 Å². The molecule has 13 heavy (non-hydrogen) atoms. The van der Waals surface area contributed by atoms with Crippen LogP contribution in [0.2, 0.25) is 0 Å². The average molecular weight is 246 g/mol. The summed E-state index contributed by atoms with van der Waals surface area (Å²) in [6.07, 6.45) is 0.777. The first-order valence-corrected chi connectivity index (χ1v) is 5.00. The van der Waals surface area contributed by atoms with Gasteiger partial charge in [0, 0.05) is 6.04 Å². The Hall–Kier alpha value is -0.410. The van der Waals surface area contributed by atoms with Gasteiger partial charge in [0.1, 0.15) is 5.82 Å². The Bertz CT molecular complexity index is 287. The summed E-state index contributed by atoms with van der Waals surface area (Å²) in [6.45, 7) is 3.69. The van der Waals surface area contributed by atoms with Crippen LogP contribution in [-0.4, -0.2) is 6.04 Å². The average Bonchev–Trinajstić information content (AvgIpc) is 1.98. The molecule has 3 heteroatoms. The predicted octanol–water partition coefficient (Wildman–Crippen LogP) is 2.79. The molecule has 1 unspecified atom stereocenters. The van der Waals surface area contributed by atoms with Crippen molar-refractivity contribution in [2.24, 2.45) is 5.73 Å². The lowest BCUT2D eigenvalue weighted by molar-refractivity contribution is 0.609. The van der Waals surface area contributed by atoms with Crippen molar-refractivity contribution in [3.63, 3.8) is 0 Å². The van der Waals surface area contributed by atoms with Gasteiger partial charge in [-0.25, -0.2) is 4.39 Å². The van der Waals surface area contributed by atoms with E-state index in [0.717, 1.165) is 12.0 Å². The predicted molar refractivity (Wildman–Crippen MR) is 56.2 cm³/mol. The lowest BCUT2D eigenvalue weighted by Crippen LogP contribution is -2.17. The van der Waals surface area contributed by atoms with Gasteiger partial charge in [-0.15, -0.1) is 0 Å². The van der Waals surface area contributed by atoms with Gasteiger partial charge in [-0.1, -0.05) is 6.07 Å². The minimum absolute atomic E-state index is 0.108. The van der Waals surface area contributed by atoms with Crippen molar-refractivity contribution < 1.29 is 4.39 Å². The second kappa shape index (κ2) is 4.20. The Balaban J connectivity index is 2.99. The molecule has 1 atom stereocenters. The minimum Gasteiger partial charge on any atom is -0.328 e. The third-order valence-electron chi connectivity index (χ3n) is 1.83. The molecule has 72 valence electrons. The monoisotopic (exact) mass is 245 g/mol. The summed E-state index contributed by atoms with van der Waals surface area (Å²) in [7, 11) is 0. The van der Waals surface area contributed by atoms with Crippen LogP contribution in [0, 0.1) is 12.7 Å². The van der Waals surface area contributed by atoms with E-state index in [2.05, 4.69) is 15.9 Å². The van der Waals surface area contributed by atoms with E-state index in [4.69, 9.17) is 5.73 Å². The molecule has 0 fully saturated rings. The summed E-state index contributed by atoms with van der Waals surface area (Å²) in [5, 5.41) is 0. The molecule has 0 bridgehead atoms. The summed E-state index contributed by atoms with van der Waals surface area (Å²) in [5.74, 6) is -0.187. The summed E-state index contributed by atoms with van der Waals surface area (Å²) in [4.78, 5) is 0. The number of hydrogen-bond donors (Lipinski definition) is 1. The van der Waals surface area contributed by atoms with Gasteiger partial charge in [0.2, 0.25) is 0 Å². The molecule has 0 radical (unpaired) electrons. The zero-order valence-corrected chi connectivity index (χ0v) is 9.36. The van der Waals surface area contributed by atoms with Crippen LogP contribution in [0.5, 0.6) is 0 Å². The van der Waals surface area contributed by atoms with Crippen LogP contribution in [-0.2, 0) is 6.42 Å². The highest BCUT2D eigenvalue weighted by Crippen LogP contribution is 2.21. The van der Waals surface area contributed by atoms with E-state index in [9.17, 15) is 4.39 Å². The van der Waals surface area contributed by atoms with Gasteiger partial charge in [-0.05, 0) is 53.4 Å². The van der Waals surface area contributed by atoms with E-state index >= 15 is 0 Å². The molecule has 0 spiro atoms. The van der Waals surface area contributed by atoms with Crippen LogP contribution in [0.3, 0.4) is 0 Å². The second-order valence-electron chi connectivity index (χ2n) is 3.39. The molecule has 0 saturated heterocycles. The number of rotatable bonds is 2. The van der Waals surface area contributed by atoms with Gasteiger partial charge in [0.25, 0.3) is 0 Å². The minimum atomic E-state index is -0.187. The zero-order valence-electron chi connectivity index (χ0n) is 7.77. The molecule has 1 nitrogen and oxygen atoms in total. The van der Waals surface area contributed by atoms with E-state index in [1.807, 2.05) is 13.0 Å². The van der Waals surface area contributed by atoms with Crippen LogP contribution in [0.25, 0.3) is 0 Å². The van der Waals surface area contributed by atoms with Crippen molar-refractivity contribution in [3.8, 4) is 0 Å². The van der Waals surface area contributed by atoms with Crippen LogP contribution in [0.1, 0.15) is 18.1 Å². The molecule has 0 saturated carbocycles. The van der Waals surface area contributed by atoms with Crippen LogP contribution < -0.4 is 5.73 Å². The summed E-state index contributed by atoms with van der Waals surface area (Å²) in [5.41, 5.74) is 7.38. The van der Waals surface area contributed by atoms with Gasteiger partial charge in [0.05, 0.1) is 4.47 Å². The van der Waals surface area contributed by atoms with Gasteiger partial charge in [-0.2, -0.15) is 0 Å². The summed E-state index contributed by atoms with van der Waals surface area (Å²) >= 11 is 3.17. The van der Waals surface area contributed by atoms with Crippen molar-refractivity contribution in [2.45, 2.75) is 26.3 Å². The maximum absolute atomic E-state index is 13.2. The fraction of sp³-hybridized carbons (Fsp3) is 0.400. The Morgan fingerprint density at radius 3 is 2.62 bits per heavy atom. The molecule has 0 aromatic heterocycles. The molecule has 1 rings (SSSR count). The molecular formula is C10H13BrFN. The highest BCUT2D eigenvalue weighted by atomic mass is 79.9. The van der Waals surface area contributed by atoms with E-state index in [-0.39, 0.29) is 11.9 Å². The van der Waals surface area contributed by atoms with Gasteiger partial charge >= 0.3 is 0 Å². The third-order valence-corrected chi connectivity index (χ3v) is 2.40. The number of benzene rings is 1. The fourth-order valence-electron chi connectivity index (χ4n) is 1.29. The van der Waals surface area contributed by atoms with Crippen molar-refractivity contribution in [2.75, 3.05) is 0 Å². The fourth-order valence-corrected chi connectivity index (χ4v) is 1.89. The quantitative estimate of drug-likeness (QED) is 0.853. The molecule has 0 amide bonds. The van der Waals surface area contributed by atoms with Gasteiger partial charge in [-0.3, -0.25) is 0 Å². The van der Waals surface area contributed by atoms with Gasteiger partial charge in [0.15, 0.2) is 0 Å². The SMILES string of the molecule is Cc1cc(CC(C)N)cc(Br)c1F. The molecule has 2 N–H and O–H groups in total. The molecule has 0 aliphatic carbocycles. The number of aryl methyl sites for hydroxylation is 1. The maximum atomic E-state index is 13.2. The van der Waals surface area contributed by atoms with Gasteiger partial charge < -0.3 is 5.73 Å². The third kappa shape index (κ3) is 2.78. The standard InChI is InChI=1S/C10H13BrFN/c1-6-3-8(4-7(2)13)5-9(11)10(6)12/h3,5,7H,4,13H2,1-2H3. The van der Waals surface area contributed by atoms with Crippen molar-refractivity contribution >= 4 is 15.9 Å². The highest BCUT2D eigenvalue weighted by Gasteiger charge is 2.06. The number of hydrogen-bond acceptors (Lipinski definition) is 1. The first kappa shape index (κ1) is 10.7. The highest BCUT2D eigenvalue weighted by molar-refractivity contribution is 9.10. The zero-order chi connectivity index (χ0) is 10.0. The second-order valence-corrected chi connectivity index (χ2v) is 4.24. The number of nitrogens with two attached hydrogens (primary N) is 1. The molecule has 1 aromatic rings. The smallest absolute Gasteiger partial charge is 0.140 e. The number of halogens is 2. The largest absolute Gasteiger partial charge is 0.328 e. The Morgan fingerprint density at radius 2 is 2.15 bits per heavy atom. The van der Waals surface area contributed by atoms with Crippen molar-refractivity contribution in [1.29, 1.82) is 0 Å². The first-order valence-electron chi connectivity index (χ1n) is 4.21. The Labute approximate surface area is 86.3 Å². The van der Waals surface area contributed by atoms with E-state index in [0.29, 0.717) is 10.0 Å². The molecule has 1 aromatic carbocycles. The lowest BCUT2D eigenvalue weighted by atomic mass is 10.1. The van der Waals surface area contributed by atoms with Crippen molar-refractivity contribution in [3.05, 3.63) is 33.5 Å². The molecule has 0 heterocycles. The van der Waals surface area contributed by atoms with E-state index < -0.39 is 0 Å². The van der Waals surface area contributed by atoms with Crippen molar-refractivity contribution in [1.82, 2.24) is 0 Å².